The fourth-order valence-electron chi connectivity index (χ4n) is 3.52. The molecule has 0 amide bonds. The molecule has 1 aliphatic heterocycles. The van der Waals surface area contributed by atoms with Crippen molar-refractivity contribution in [2.75, 3.05) is 6.54 Å². The van der Waals surface area contributed by atoms with E-state index in [4.69, 9.17) is 23.8 Å². The lowest BCUT2D eigenvalue weighted by Gasteiger charge is -2.24. The number of fused-ring (bicyclic) bond motifs is 1. The molecule has 0 radical (unpaired) electrons. The Morgan fingerprint density at radius 3 is 2.69 bits per heavy atom. The topological polar surface area (TPSA) is 74.6 Å². The maximum Gasteiger partial charge on any atom is 0.265 e. The summed E-state index contributed by atoms with van der Waals surface area (Å²) in [5.74, 6) is -0.140. The third kappa shape index (κ3) is 2.86. The van der Waals surface area contributed by atoms with Crippen LogP contribution < -0.4 is 10.9 Å². The number of quaternary nitrogens is 1. The van der Waals surface area contributed by atoms with Crippen molar-refractivity contribution in [3.8, 4) is 11.6 Å². The average Bonchev–Trinajstić information content (AvgIpc) is 2.63. The second-order valence-electron chi connectivity index (χ2n) is 6.26. The number of aromatic hydroxyl groups is 1. The van der Waals surface area contributed by atoms with Crippen LogP contribution in [-0.4, -0.2) is 21.2 Å². The molecule has 0 saturated heterocycles. The number of nitrogens with one attached hydrogen (secondary N) is 1. The molecule has 4 rings (SSSR count). The summed E-state index contributed by atoms with van der Waals surface area (Å²) in [5, 5.41) is 13.6. The summed E-state index contributed by atoms with van der Waals surface area (Å²) in [7, 11) is 0. The number of halogens is 1. The summed E-state index contributed by atoms with van der Waals surface area (Å²) in [5.41, 5.74) is 2.81. The molecule has 0 saturated carbocycles. The predicted molar refractivity (Wildman–Crippen MR) is 103 cm³/mol. The summed E-state index contributed by atoms with van der Waals surface area (Å²) in [6, 6.07) is 14.7. The first-order valence-corrected chi connectivity index (χ1v) is 9.10. The maximum atomic E-state index is 12.7. The van der Waals surface area contributed by atoms with Gasteiger partial charge in [0.2, 0.25) is 5.88 Å². The van der Waals surface area contributed by atoms with E-state index in [9.17, 15) is 9.90 Å². The van der Waals surface area contributed by atoms with Crippen LogP contribution in [0.1, 0.15) is 22.7 Å². The van der Waals surface area contributed by atoms with Gasteiger partial charge in [0.05, 0.1) is 12.2 Å². The van der Waals surface area contributed by atoms with Crippen LogP contribution in [0.15, 0.2) is 53.3 Å². The van der Waals surface area contributed by atoms with Crippen LogP contribution >= 0.6 is 23.8 Å². The maximum absolute atomic E-state index is 12.7. The Labute approximate surface area is 159 Å². The van der Waals surface area contributed by atoms with Gasteiger partial charge in [-0.25, -0.2) is 0 Å². The van der Waals surface area contributed by atoms with Crippen LogP contribution in [0.3, 0.4) is 0 Å². The van der Waals surface area contributed by atoms with E-state index in [2.05, 4.69) is 16.4 Å². The second kappa shape index (κ2) is 6.72. The van der Waals surface area contributed by atoms with Crippen LogP contribution in [-0.2, 0) is 6.42 Å². The van der Waals surface area contributed by atoms with E-state index >= 15 is 0 Å². The van der Waals surface area contributed by atoms with Crippen LogP contribution in [0, 0.1) is 4.77 Å². The lowest BCUT2D eigenvalue weighted by Crippen LogP contribution is -2.87. The zero-order valence-electron chi connectivity index (χ0n) is 13.8. The van der Waals surface area contributed by atoms with Crippen molar-refractivity contribution in [3.63, 3.8) is 0 Å². The van der Waals surface area contributed by atoms with Gasteiger partial charge in [-0.1, -0.05) is 35.9 Å². The number of nitrogens with zero attached hydrogens (tertiary/aromatic N) is 1. The Morgan fingerprint density at radius 2 is 1.92 bits per heavy atom. The normalized spacial score (nSPS) is 16.3. The highest BCUT2D eigenvalue weighted by atomic mass is 35.5. The molecular weight excluding hydrogens is 370 g/mol. The van der Waals surface area contributed by atoms with Crippen LogP contribution in [0.5, 0.6) is 5.88 Å². The van der Waals surface area contributed by atoms with Crippen molar-refractivity contribution in [1.82, 2.24) is 9.55 Å². The van der Waals surface area contributed by atoms with E-state index in [1.54, 1.807) is 24.3 Å². The van der Waals surface area contributed by atoms with Crippen LogP contribution in [0.2, 0.25) is 5.02 Å². The van der Waals surface area contributed by atoms with E-state index in [-0.39, 0.29) is 22.3 Å². The monoisotopic (exact) mass is 386 g/mol. The molecule has 2 aromatic carbocycles. The largest absolute Gasteiger partial charge is 0.494 e. The molecule has 2 heterocycles. The number of rotatable bonds is 2. The summed E-state index contributed by atoms with van der Waals surface area (Å²) in [4.78, 5) is 15.4. The van der Waals surface area contributed by atoms with Crippen molar-refractivity contribution < 1.29 is 10.4 Å². The minimum atomic E-state index is -0.365. The van der Waals surface area contributed by atoms with Gasteiger partial charge in [-0.2, -0.15) is 0 Å². The molecule has 3 aromatic rings. The molecule has 0 spiro atoms. The van der Waals surface area contributed by atoms with E-state index in [0.29, 0.717) is 16.3 Å². The summed E-state index contributed by atoms with van der Waals surface area (Å²) < 4.78 is 1.61. The fraction of sp³-hybridized carbons (Fsp3) is 0.158. The minimum absolute atomic E-state index is 0.140. The summed E-state index contributed by atoms with van der Waals surface area (Å²) in [6.07, 6.45) is 0.932. The van der Waals surface area contributed by atoms with Crippen molar-refractivity contribution in [2.45, 2.75) is 12.5 Å². The number of H-pyrrole nitrogens is 1. The zero-order valence-corrected chi connectivity index (χ0v) is 15.3. The van der Waals surface area contributed by atoms with Crippen LogP contribution in [0.4, 0.5) is 0 Å². The van der Waals surface area contributed by atoms with Gasteiger partial charge >= 0.3 is 0 Å². The molecule has 26 heavy (non-hydrogen) atoms. The minimum Gasteiger partial charge on any atom is -0.494 e. The van der Waals surface area contributed by atoms with Crippen molar-refractivity contribution in [3.05, 3.63) is 85.4 Å². The third-order valence-electron chi connectivity index (χ3n) is 4.72. The van der Waals surface area contributed by atoms with Crippen molar-refractivity contribution in [1.29, 1.82) is 0 Å². The lowest BCUT2D eigenvalue weighted by molar-refractivity contribution is -0.690. The first kappa shape index (κ1) is 17.0. The molecular formula is C19H17ClN3O2S+. The molecule has 0 fully saturated rings. The average molecular weight is 387 g/mol. The highest BCUT2D eigenvalue weighted by Crippen LogP contribution is 2.29. The van der Waals surface area contributed by atoms with Crippen LogP contribution in [0.25, 0.3) is 5.69 Å². The molecule has 5 nitrogen and oxygen atoms in total. The molecule has 1 aromatic heterocycles. The summed E-state index contributed by atoms with van der Waals surface area (Å²) in [6.45, 7) is 0.844. The Hall–Kier alpha value is -2.41. The molecule has 7 heteroatoms. The zero-order chi connectivity index (χ0) is 18.3. The predicted octanol–water partition coefficient (Wildman–Crippen LogP) is 2.46. The third-order valence-corrected chi connectivity index (χ3v) is 5.26. The Bertz CT molecular complexity index is 1090. The number of aromatic nitrogens is 2. The van der Waals surface area contributed by atoms with Gasteiger partial charge < -0.3 is 10.4 Å². The van der Waals surface area contributed by atoms with E-state index in [0.717, 1.165) is 18.5 Å². The first-order chi connectivity index (χ1) is 12.6. The second-order valence-corrected chi connectivity index (χ2v) is 7.08. The molecule has 0 unspecified atom stereocenters. The van der Waals surface area contributed by atoms with Gasteiger partial charge in [-0.15, -0.1) is 0 Å². The standard InChI is InChI=1S/C19H16ClN3O2S/c20-12-5-7-13(8-6-12)23-18(25)15(17(24)22-19(23)26)16-14-4-2-1-3-11(14)9-10-21-16/h1-8,16,21,25H,9-10H2,(H,22,24,26)/p+1/t16-/m1/s1. The fourth-order valence-corrected chi connectivity index (χ4v) is 3.93. The molecule has 1 aliphatic rings. The van der Waals surface area contributed by atoms with Gasteiger partial charge in [0.25, 0.3) is 5.56 Å². The number of nitrogens with two attached hydrogens (primary N) is 1. The number of aromatic amines is 1. The van der Waals surface area contributed by atoms with E-state index in [1.165, 1.54) is 10.1 Å². The highest BCUT2D eigenvalue weighted by Gasteiger charge is 2.31. The Balaban J connectivity index is 1.94. The number of hydrogen-bond acceptors (Lipinski definition) is 3. The summed E-state index contributed by atoms with van der Waals surface area (Å²) >= 11 is 11.2. The smallest absolute Gasteiger partial charge is 0.265 e. The van der Waals surface area contributed by atoms with Gasteiger partial charge in [0, 0.05) is 17.0 Å². The molecule has 1 atom stereocenters. The quantitative estimate of drug-likeness (QED) is 0.592. The van der Waals surface area contributed by atoms with Crippen molar-refractivity contribution in [2.24, 2.45) is 0 Å². The SMILES string of the molecule is O=c1[nH]c(=S)n(-c2ccc(Cl)cc2)c(O)c1[C@@H]1[NH2+]CCc2ccccc21. The molecule has 132 valence electrons. The van der Waals surface area contributed by atoms with Gasteiger partial charge in [-0.3, -0.25) is 14.3 Å². The van der Waals surface area contributed by atoms with Crippen molar-refractivity contribution >= 4 is 23.8 Å². The highest BCUT2D eigenvalue weighted by molar-refractivity contribution is 7.71. The number of hydrogen-bond donors (Lipinski definition) is 3. The number of benzene rings is 2. The van der Waals surface area contributed by atoms with Gasteiger partial charge in [0.1, 0.15) is 11.6 Å². The van der Waals surface area contributed by atoms with Gasteiger partial charge in [0.15, 0.2) is 4.77 Å². The van der Waals surface area contributed by atoms with E-state index < -0.39 is 0 Å². The van der Waals surface area contributed by atoms with E-state index in [1.807, 2.05) is 18.2 Å². The van der Waals surface area contributed by atoms with Gasteiger partial charge in [-0.05, 0) is 42.0 Å². The lowest BCUT2D eigenvalue weighted by atomic mass is 9.90. The molecule has 0 bridgehead atoms. The Kier molecular flexibility index (Phi) is 4.40. The molecule has 4 N–H and O–H groups in total. The molecule has 0 aliphatic carbocycles. The Morgan fingerprint density at radius 1 is 1.19 bits per heavy atom. The first-order valence-electron chi connectivity index (χ1n) is 8.31.